The summed E-state index contributed by atoms with van der Waals surface area (Å²) in [5.74, 6) is 0. The Balaban J connectivity index is 2.32. The first-order valence-corrected chi connectivity index (χ1v) is 5.59. The molecule has 2 N–H and O–H groups in total. The molecule has 1 fully saturated rings. The molecule has 3 heteroatoms. The van der Waals surface area contributed by atoms with Crippen LogP contribution in [0.2, 0.25) is 10.0 Å². The lowest BCUT2D eigenvalue weighted by Crippen LogP contribution is -2.13. The fourth-order valence-electron chi connectivity index (χ4n) is 2.00. The fraction of sp³-hybridized carbons (Fsp3) is 0.455. The monoisotopic (exact) mass is 229 g/mol. The van der Waals surface area contributed by atoms with Crippen molar-refractivity contribution in [2.45, 2.75) is 24.7 Å². The molecule has 1 aromatic carbocycles. The molecule has 0 aliphatic heterocycles. The summed E-state index contributed by atoms with van der Waals surface area (Å²) in [4.78, 5) is 0. The van der Waals surface area contributed by atoms with Crippen LogP contribution in [0.25, 0.3) is 0 Å². The van der Waals surface area contributed by atoms with E-state index < -0.39 is 0 Å². The third-order valence-corrected chi connectivity index (χ3v) is 3.53. The Morgan fingerprint density at radius 3 is 2.50 bits per heavy atom. The maximum absolute atomic E-state index is 6.16. The molecule has 1 aliphatic rings. The van der Waals surface area contributed by atoms with Crippen molar-refractivity contribution in [3.05, 3.63) is 33.8 Å². The maximum Gasteiger partial charge on any atom is 0.0458 e. The minimum Gasteiger partial charge on any atom is -0.330 e. The number of benzene rings is 1. The van der Waals surface area contributed by atoms with Gasteiger partial charge in [0.05, 0.1) is 0 Å². The predicted octanol–water partition coefficient (Wildman–Crippen LogP) is 3.37. The second kappa shape index (κ2) is 3.73. The molecule has 0 spiro atoms. The van der Waals surface area contributed by atoms with Crippen LogP contribution in [0.3, 0.4) is 0 Å². The van der Waals surface area contributed by atoms with E-state index in [1.54, 1.807) is 0 Å². The van der Waals surface area contributed by atoms with E-state index in [0.717, 1.165) is 18.0 Å². The summed E-state index contributed by atoms with van der Waals surface area (Å²) < 4.78 is 0. The molecule has 2 rings (SSSR count). The normalized spacial score (nSPS) is 18.2. The summed E-state index contributed by atoms with van der Waals surface area (Å²) >= 11 is 12.0. The van der Waals surface area contributed by atoms with Gasteiger partial charge in [-0.2, -0.15) is 0 Å². The van der Waals surface area contributed by atoms with Crippen molar-refractivity contribution in [2.75, 3.05) is 6.54 Å². The summed E-state index contributed by atoms with van der Waals surface area (Å²) in [7, 11) is 0. The molecule has 0 aromatic heterocycles. The molecule has 76 valence electrons. The minimum atomic E-state index is 0.260. The molecule has 1 aromatic rings. The zero-order valence-corrected chi connectivity index (χ0v) is 9.41. The molecular formula is C11H13Cl2N. The molecule has 0 saturated heterocycles. The Morgan fingerprint density at radius 1 is 1.29 bits per heavy atom. The van der Waals surface area contributed by atoms with E-state index in [4.69, 9.17) is 28.9 Å². The first-order valence-electron chi connectivity index (χ1n) is 4.83. The van der Waals surface area contributed by atoms with Crippen LogP contribution in [0.4, 0.5) is 0 Å². The molecular weight excluding hydrogens is 217 g/mol. The first-order chi connectivity index (χ1) is 6.68. The average Bonchev–Trinajstić information content (AvgIpc) is 2.86. The van der Waals surface area contributed by atoms with Gasteiger partial charge < -0.3 is 5.73 Å². The van der Waals surface area contributed by atoms with Crippen molar-refractivity contribution in [1.29, 1.82) is 0 Å². The van der Waals surface area contributed by atoms with Gasteiger partial charge in [-0.15, -0.1) is 0 Å². The topological polar surface area (TPSA) is 26.0 Å². The van der Waals surface area contributed by atoms with E-state index in [-0.39, 0.29) is 5.41 Å². The highest BCUT2D eigenvalue weighted by Gasteiger charge is 2.44. The SMILES string of the molecule is NCCC1(c2ccc(Cl)cc2Cl)CC1. The standard InChI is InChI=1S/C11H13Cl2N/c12-8-1-2-9(10(13)7-8)11(3-4-11)5-6-14/h1-2,7H,3-6,14H2. The molecule has 14 heavy (non-hydrogen) atoms. The Labute approximate surface area is 94.2 Å². The lowest BCUT2D eigenvalue weighted by atomic mass is 9.92. The van der Waals surface area contributed by atoms with Gasteiger partial charge in [-0.1, -0.05) is 29.3 Å². The second-order valence-corrected chi connectivity index (χ2v) is 4.79. The minimum absolute atomic E-state index is 0.260. The highest BCUT2D eigenvalue weighted by molar-refractivity contribution is 6.35. The Bertz CT molecular complexity index is 345. The van der Waals surface area contributed by atoms with E-state index in [2.05, 4.69) is 0 Å². The van der Waals surface area contributed by atoms with Crippen molar-refractivity contribution >= 4 is 23.2 Å². The first kappa shape index (κ1) is 10.3. The quantitative estimate of drug-likeness (QED) is 0.846. The molecule has 0 unspecified atom stereocenters. The molecule has 0 radical (unpaired) electrons. The van der Waals surface area contributed by atoms with Gasteiger partial charge in [0.2, 0.25) is 0 Å². The van der Waals surface area contributed by atoms with Crippen LogP contribution in [-0.4, -0.2) is 6.54 Å². The van der Waals surface area contributed by atoms with Gasteiger partial charge in [-0.25, -0.2) is 0 Å². The number of halogens is 2. The summed E-state index contributed by atoms with van der Waals surface area (Å²) in [5.41, 5.74) is 7.08. The van der Waals surface area contributed by atoms with Crippen molar-refractivity contribution in [2.24, 2.45) is 5.73 Å². The number of hydrogen-bond donors (Lipinski definition) is 1. The van der Waals surface area contributed by atoms with Gasteiger partial charge >= 0.3 is 0 Å². The molecule has 1 saturated carbocycles. The maximum atomic E-state index is 6.16. The van der Waals surface area contributed by atoms with E-state index in [1.165, 1.54) is 18.4 Å². The van der Waals surface area contributed by atoms with Crippen LogP contribution in [0, 0.1) is 0 Å². The number of nitrogens with two attached hydrogens (primary N) is 1. The van der Waals surface area contributed by atoms with Crippen LogP contribution in [-0.2, 0) is 5.41 Å². The molecule has 0 amide bonds. The highest BCUT2D eigenvalue weighted by Crippen LogP contribution is 2.52. The van der Waals surface area contributed by atoms with Crippen LogP contribution in [0.1, 0.15) is 24.8 Å². The smallest absolute Gasteiger partial charge is 0.0458 e. The summed E-state index contributed by atoms with van der Waals surface area (Å²) in [5, 5.41) is 1.48. The Hall–Kier alpha value is -0.240. The van der Waals surface area contributed by atoms with Gasteiger partial charge in [-0.05, 0) is 48.9 Å². The van der Waals surface area contributed by atoms with Gasteiger partial charge in [0.1, 0.15) is 0 Å². The highest BCUT2D eigenvalue weighted by atomic mass is 35.5. The summed E-state index contributed by atoms with van der Waals surface area (Å²) in [6, 6.07) is 5.75. The fourth-order valence-corrected chi connectivity index (χ4v) is 2.61. The summed E-state index contributed by atoms with van der Waals surface area (Å²) in [6.07, 6.45) is 3.42. The van der Waals surface area contributed by atoms with Gasteiger partial charge in [-0.3, -0.25) is 0 Å². The molecule has 0 atom stereocenters. The Kier molecular flexibility index (Phi) is 2.74. The van der Waals surface area contributed by atoms with Crippen molar-refractivity contribution < 1.29 is 0 Å². The predicted molar refractivity (Wildman–Crippen MR) is 61.0 cm³/mol. The second-order valence-electron chi connectivity index (χ2n) is 3.94. The lowest BCUT2D eigenvalue weighted by molar-refractivity contribution is 0.629. The largest absolute Gasteiger partial charge is 0.330 e. The Morgan fingerprint density at radius 2 is 2.00 bits per heavy atom. The average molecular weight is 230 g/mol. The molecule has 1 nitrogen and oxygen atoms in total. The molecule has 0 bridgehead atoms. The van der Waals surface area contributed by atoms with Crippen LogP contribution >= 0.6 is 23.2 Å². The van der Waals surface area contributed by atoms with E-state index in [0.29, 0.717) is 5.02 Å². The van der Waals surface area contributed by atoms with E-state index in [1.807, 2.05) is 18.2 Å². The van der Waals surface area contributed by atoms with Crippen LogP contribution < -0.4 is 5.73 Å². The lowest BCUT2D eigenvalue weighted by Gasteiger charge is -2.16. The number of hydrogen-bond acceptors (Lipinski definition) is 1. The third-order valence-electron chi connectivity index (χ3n) is 2.98. The van der Waals surface area contributed by atoms with Gasteiger partial charge in [0.25, 0.3) is 0 Å². The van der Waals surface area contributed by atoms with E-state index >= 15 is 0 Å². The summed E-state index contributed by atoms with van der Waals surface area (Å²) in [6.45, 7) is 0.721. The molecule has 0 heterocycles. The van der Waals surface area contributed by atoms with E-state index in [9.17, 15) is 0 Å². The van der Waals surface area contributed by atoms with Gasteiger partial charge in [0.15, 0.2) is 0 Å². The third kappa shape index (κ3) is 1.77. The van der Waals surface area contributed by atoms with Crippen LogP contribution in [0.15, 0.2) is 18.2 Å². The van der Waals surface area contributed by atoms with Crippen molar-refractivity contribution in [3.8, 4) is 0 Å². The van der Waals surface area contributed by atoms with Gasteiger partial charge in [0, 0.05) is 10.0 Å². The van der Waals surface area contributed by atoms with Crippen molar-refractivity contribution in [1.82, 2.24) is 0 Å². The zero-order chi connectivity index (χ0) is 10.2. The van der Waals surface area contributed by atoms with Crippen molar-refractivity contribution in [3.63, 3.8) is 0 Å². The van der Waals surface area contributed by atoms with Crippen LogP contribution in [0.5, 0.6) is 0 Å². The number of rotatable bonds is 3. The molecule has 1 aliphatic carbocycles. The zero-order valence-electron chi connectivity index (χ0n) is 7.89.